The minimum Gasteiger partial charge on any atom is -0.493 e. The molecule has 3 saturated heterocycles. The lowest BCUT2D eigenvalue weighted by Crippen LogP contribution is -2.63. The van der Waals surface area contributed by atoms with Crippen molar-refractivity contribution in [3.8, 4) is 11.5 Å². The number of likely N-dealkylation sites (N-methyl/N-ethyl adjacent to an activating group) is 1. The molecule has 2 aliphatic carbocycles. The van der Waals surface area contributed by atoms with E-state index < -0.39 is 42.6 Å². The first-order valence-corrected chi connectivity index (χ1v) is 13.4. The summed E-state index contributed by atoms with van der Waals surface area (Å²) in [6, 6.07) is 4.55. The number of likely N-dealkylation sites (tertiary alicyclic amines) is 1. The highest BCUT2D eigenvalue weighted by Gasteiger charge is 2.65. The van der Waals surface area contributed by atoms with Gasteiger partial charge in [-0.1, -0.05) is 6.07 Å². The van der Waals surface area contributed by atoms with Crippen molar-refractivity contribution in [2.24, 2.45) is 5.92 Å². The van der Waals surface area contributed by atoms with Crippen molar-refractivity contribution >= 4 is 6.16 Å². The third-order valence-electron chi connectivity index (χ3n) is 9.33. The van der Waals surface area contributed by atoms with Crippen LogP contribution in [-0.2, 0) is 40.3 Å². The zero-order valence-electron chi connectivity index (χ0n) is 22.4. The number of allylic oxidation sites excluding steroid dienone is 1. The summed E-state index contributed by atoms with van der Waals surface area (Å²) in [5.41, 5.74) is 2.27. The highest BCUT2D eigenvalue weighted by atomic mass is 16.8. The van der Waals surface area contributed by atoms with Crippen molar-refractivity contribution in [1.82, 2.24) is 4.90 Å². The second-order valence-corrected chi connectivity index (χ2v) is 11.6. The second-order valence-electron chi connectivity index (χ2n) is 11.6. The number of nitrogens with zero attached hydrogens (tertiary/aromatic N) is 1. The van der Waals surface area contributed by atoms with Crippen LogP contribution < -0.4 is 9.47 Å². The van der Waals surface area contributed by atoms with Gasteiger partial charge in [0.1, 0.15) is 30.7 Å². The van der Waals surface area contributed by atoms with Gasteiger partial charge >= 0.3 is 6.16 Å². The van der Waals surface area contributed by atoms with Crippen LogP contribution in [0.5, 0.6) is 11.5 Å². The maximum Gasteiger partial charge on any atom is 0.513 e. The van der Waals surface area contributed by atoms with Crippen molar-refractivity contribution in [2.45, 2.75) is 81.1 Å². The first kappa shape index (κ1) is 24.7. The molecule has 0 amide bonds. The summed E-state index contributed by atoms with van der Waals surface area (Å²) in [4.78, 5) is 15.4. The van der Waals surface area contributed by atoms with Crippen LogP contribution in [0.15, 0.2) is 24.0 Å². The molecule has 206 valence electrons. The maximum atomic E-state index is 13.0. The van der Waals surface area contributed by atoms with Gasteiger partial charge in [-0.2, -0.15) is 0 Å². The van der Waals surface area contributed by atoms with E-state index in [-0.39, 0.29) is 12.0 Å². The van der Waals surface area contributed by atoms with E-state index in [4.69, 9.17) is 37.9 Å². The van der Waals surface area contributed by atoms with Gasteiger partial charge in [0, 0.05) is 24.1 Å². The average Bonchev–Trinajstić information content (AvgIpc) is 3.51. The molecule has 1 aromatic rings. The lowest BCUT2D eigenvalue weighted by molar-refractivity contribution is -0.230. The number of piperidine rings is 1. The largest absolute Gasteiger partial charge is 0.513 e. The monoisotopic (exact) mass is 529 g/mol. The Labute approximate surface area is 222 Å². The summed E-state index contributed by atoms with van der Waals surface area (Å²) in [7, 11) is 5.41. The molecule has 6 aliphatic rings. The SMILES string of the molecule is COc1ccc2c3c1OC1C(OC(=O)OC[C@H]4OC(OC)C5OC(C)(C)O[C@H]54)=CCC4[C@@H](C2)N(C)CC[C@]314. The lowest BCUT2D eigenvalue weighted by atomic mass is 9.53. The molecule has 10 heteroatoms. The maximum absolute atomic E-state index is 13.0. The molecule has 4 aliphatic heterocycles. The van der Waals surface area contributed by atoms with Crippen molar-refractivity contribution in [3.05, 3.63) is 35.1 Å². The molecule has 0 N–H and O–H groups in total. The van der Waals surface area contributed by atoms with E-state index in [1.807, 2.05) is 26.0 Å². The molecule has 7 rings (SSSR count). The fourth-order valence-corrected chi connectivity index (χ4v) is 7.81. The van der Waals surface area contributed by atoms with Gasteiger partial charge in [0.2, 0.25) is 0 Å². The minimum absolute atomic E-state index is 0.0447. The van der Waals surface area contributed by atoms with Gasteiger partial charge < -0.3 is 42.8 Å². The highest BCUT2D eigenvalue weighted by Crippen LogP contribution is 2.63. The minimum atomic E-state index is -0.794. The van der Waals surface area contributed by atoms with Crippen LogP contribution in [0.3, 0.4) is 0 Å². The fourth-order valence-electron chi connectivity index (χ4n) is 7.81. The first-order valence-electron chi connectivity index (χ1n) is 13.4. The number of hydrogen-bond acceptors (Lipinski definition) is 10. The van der Waals surface area contributed by atoms with Gasteiger partial charge in [-0.3, -0.25) is 0 Å². The van der Waals surface area contributed by atoms with E-state index in [1.54, 1.807) is 14.2 Å². The number of carbonyl (C=O) groups excluding carboxylic acids is 1. The summed E-state index contributed by atoms with van der Waals surface area (Å²) in [6.45, 7) is 4.59. The van der Waals surface area contributed by atoms with Crippen LogP contribution in [0.25, 0.3) is 0 Å². The zero-order valence-corrected chi connectivity index (χ0v) is 22.4. The third-order valence-corrected chi connectivity index (χ3v) is 9.33. The second kappa shape index (κ2) is 8.56. The van der Waals surface area contributed by atoms with E-state index in [2.05, 4.69) is 18.0 Å². The Morgan fingerprint density at radius 1 is 1.18 bits per heavy atom. The molecule has 4 heterocycles. The van der Waals surface area contributed by atoms with Crippen LogP contribution >= 0.6 is 0 Å². The molecule has 8 atom stereocenters. The van der Waals surface area contributed by atoms with Gasteiger partial charge in [0.05, 0.1) is 7.11 Å². The smallest absolute Gasteiger partial charge is 0.493 e. The Balaban J connectivity index is 1.11. The number of carbonyl (C=O) groups is 1. The van der Waals surface area contributed by atoms with Gasteiger partial charge in [0.15, 0.2) is 29.7 Å². The standard InChI is InChI=1S/C28H35NO9/c1-27(2)37-22-19(34-25(32-5)23(22)38-27)13-33-26(30)35-18-9-7-15-16-12-14-6-8-17(31-4)21-20(14)28(15,24(18)36-21)10-11-29(16)3/h6,8-9,15-16,19,22-25H,7,10-13H2,1-5H3/t15?,16-,19-,22+,23?,24?,25?,28+/m1/s1. The van der Waals surface area contributed by atoms with Crippen molar-refractivity contribution in [2.75, 3.05) is 34.4 Å². The van der Waals surface area contributed by atoms with Gasteiger partial charge in [0.25, 0.3) is 0 Å². The number of hydrogen-bond donors (Lipinski definition) is 0. The summed E-state index contributed by atoms with van der Waals surface area (Å²) >= 11 is 0. The van der Waals surface area contributed by atoms with Crippen molar-refractivity contribution in [3.63, 3.8) is 0 Å². The van der Waals surface area contributed by atoms with E-state index in [1.165, 1.54) is 11.1 Å². The predicted molar refractivity (Wildman–Crippen MR) is 132 cm³/mol. The van der Waals surface area contributed by atoms with Crippen LogP contribution in [0.2, 0.25) is 0 Å². The summed E-state index contributed by atoms with van der Waals surface area (Å²) in [6.07, 6.45) is 1.57. The Hall–Kier alpha value is -2.37. The molecule has 10 nitrogen and oxygen atoms in total. The van der Waals surface area contributed by atoms with Gasteiger partial charge in [-0.15, -0.1) is 0 Å². The van der Waals surface area contributed by atoms with Crippen LogP contribution in [-0.4, -0.2) is 88.0 Å². The van der Waals surface area contributed by atoms with Crippen molar-refractivity contribution < 1.29 is 42.7 Å². The Kier molecular flexibility index (Phi) is 5.56. The summed E-state index contributed by atoms with van der Waals surface area (Å²) in [5.74, 6) is 1.60. The fraction of sp³-hybridized carbons (Fsp3) is 0.679. The molecule has 1 spiro atoms. The van der Waals surface area contributed by atoms with Gasteiger partial charge in [-0.25, -0.2) is 4.79 Å². The molecular formula is C28H35NO9. The molecule has 1 aromatic carbocycles. The van der Waals surface area contributed by atoms with Gasteiger partial charge in [-0.05, 0) is 70.3 Å². The molecule has 38 heavy (non-hydrogen) atoms. The first-order chi connectivity index (χ1) is 18.3. The summed E-state index contributed by atoms with van der Waals surface area (Å²) < 4.78 is 46.9. The Morgan fingerprint density at radius 2 is 2.00 bits per heavy atom. The number of rotatable bonds is 5. The van der Waals surface area contributed by atoms with E-state index in [9.17, 15) is 4.79 Å². The Bertz CT molecular complexity index is 1180. The van der Waals surface area contributed by atoms with Crippen molar-refractivity contribution in [1.29, 1.82) is 0 Å². The number of fused-ring (bicyclic) bond motifs is 1. The normalized spacial score (nSPS) is 39.6. The van der Waals surface area contributed by atoms with Crippen LogP contribution in [0, 0.1) is 5.92 Å². The molecule has 3 fully saturated rings. The topological polar surface area (TPSA) is 94.2 Å². The number of methoxy groups -OCH3 is 2. The molecule has 0 aromatic heterocycles. The molecule has 0 saturated carbocycles. The lowest BCUT2D eigenvalue weighted by Gasteiger charge is -2.56. The average molecular weight is 530 g/mol. The molecular weight excluding hydrogens is 494 g/mol. The quantitative estimate of drug-likeness (QED) is 0.530. The van der Waals surface area contributed by atoms with Crippen LogP contribution in [0.1, 0.15) is 37.8 Å². The van der Waals surface area contributed by atoms with E-state index in [0.717, 1.165) is 31.6 Å². The zero-order chi connectivity index (χ0) is 26.4. The predicted octanol–water partition coefficient (Wildman–Crippen LogP) is 2.90. The molecule has 0 radical (unpaired) electrons. The third kappa shape index (κ3) is 3.40. The van der Waals surface area contributed by atoms with E-state index in [0.29, 0.717) is 23.5 Å². The van der Waals surface area contributed by atoms with E-state index >= 15 is 0 Å². The van der Waals surface area contributed by atoms with Crippen LogP contribution in [0.4, 0.5) is 4.79 Å². The summed E-state index contributed by atoms with van der Waals surface area (Å²) in [5, 5.41) is 0. The molecule has 4 unspecified atom stereocenters. The Morgan fingerprint density at radius 3 is 2.79 bits per heavy atom. The number of ether oxygens (including phenoxy) is 8. The number of benzene rings is 1. The molecule has 2 bridgehead atoms. The highest BCUT2D eigenvalue weighted by molar-refractivity contribution is 5.65.